The molecule has 1 aromatic carbocycles. The first kappa shape index (κ1) is 16.5. The largest absolute Gasteiger partial charge is 0.379 e. The molecule has 0 spiro atoms. The van der Waals surface area contributed by atoms with Crippen LogP contribution in [0.1, 0.15) is 10.4 Å². The van der Waals surface area contributed by atoms with E-state index in [4.69, 9.17) is 4.74 Å². The minimum Gasteiger partial charge on any atom is -0.379 e. The first-order valence-corrected chi connectivity index (χ1v) is 8.03. The standard InChI is InChI=1S/C18H20FN3O2/c19-16-3-1-2-14(12-16)17-5-4-15(13-21-17)18(23)20-6-7-22-8-10-24-11-9-22/h1-5,12-13H,6-11H2,(H,20,23). The number of hydrogen-bond donors (Lipinski definition) is 1. The van der Waals surface area contributed by atoms with E-state index in [2.05, 4.69) is 15.2 Å². The highest BCUT2D eigenvalue weighted by Crippen LogP contribution is 2.17. The zero-order chi connectivity index (χ0) is 16.8. The van der Waals surface area contributed by atoms with Crippen molar-refractivity contribution in [2.45, 2.75) is 0 Å². The number of nitrogens with one attached hydrogen (secondary N) is 1. The maximum absolute atomic E-state index is 13.2. The Morgan fingerprint density at radius 3 is 2.79 bits per heavy atom. The molecule has 0 unspecified atom stereocenters. The highest BCUT2D eigenvalue weighted by atomic mass is 19.1. The Balaban J connectivity index is 1.53. The number of amides is 1. The van der Waals surface area contributed by atoms with Gasteiger partial charge in [-0.25, -0.2) is 4.39 Å². The number of halogens is 1. The summed E-state index contributed by atoms with van der Waals surface area (Å²) < 4.78 is 18.5. The van der Waals surface area contributed by atoms with E-state index in [1.165, 1.54) is 18.3 Å². The third-order valence-corrected chi connectivity index (χ3v) is 3.96. The molecule has 1 aliphatic heterocycles. The maximum Gasteiger partial charge on any atom is 0.252 e. The van der Waals surface area contributed by atoms with Crippen LogP contribution in [0.15, 0.2) is 42.6 Å². The average molecular weight is 329 g/mol. The first-order chi connectivity index (χ1) is 11.7. The lowest BCUT2D eigenvalue weighted by Gasteiger charge is -2.26. The van der Waals surface area contributed by atoms with Gasteiger partial charge in [0, 0.05) is 37.9 Å². The number of ether oxygens (including phenoxy) is 1. The fourth-order valence-electron chi connectivity index (χ4n) is 2.60. The highest BCUT2D eigenvalue weighted by molar-refractivity contribution is 5.94. The second-order valence-corrected chi connectivity index (χ2v) is 5.65. The normalized spacial score (nSPS) is 15.2. The summed E-state index contributed by atoms with van der Waals surface area (Å²) in [5.41, 5.74) is 1.82. The van der Waals surface area contributed by atoms with Crippen molar-refractivity contribution in [2.24, 2.45) is 0 Å². The Morgan fingerprint density at radius 2 is 2.08 bits per heavy atom. The molecule has 1 amide bonds. The van der Waals surface area contributed by atoms with E-state index in [0.717, 1.165) is 32.8 Å². The molecule has 6 heteroatoms. The lowest BCUT2D eigenvalue weighted by atomic mass is 10.1. The van der Waals surface area contributed by atoms with Gasteiger partial charge in [0.2, 0.25) is 0 Å². The number of carbonyl (C=O) groups excluding carboxylic acids is 1. The Bertz CT molecular complexity index is 685. The van der Waals surface area contributed by atoms with Gasteiger partial charge in [-0.1, -0.05) is 12.1 Å². The molecule has 2 aromatic rings. The predicted molar refractivity (Wildman–Crippen MR) is 89.2 cm³/mol. The fraction of sp³-hybridized carbons (Fsp3) is 0.333. The van der Waals surface area contributed by atoms with Crippen molar-refractivity contribution < 1.29 is 13.9 Å². The molecule has 1 aromatic heterocycles. The van der Waals surface area contributed by atoms with Crippen LogP contribution in [0.2, 0.25) is 0 Å². The fourth-order valence-corrected chi connectivity index (χ4v) is 2.60. The van der Waals surface area contributed by atoms with Crippen LogP contribution in [0.25, 0.3) is 11.3 Å². The van der Waals surface area contributed by atoms with Crippen molar-refractivity contribution >= 4 is 5.91 Å². The van der Waals surface area contributed by atoms with Crippen LogP contribution in [0.3, 0.4) is 0 Å². The van der Waals surface area contributed by atoms with Crippen molar-refractivity contribution in [2.75, 3.05) is 39.4 Å². The topological polar surface area (TPSA) is 54.5 Å². The van der Waals surface area contributed by atoms with Crippen molar-refractivity contribution in [3.8, 4) is 11.3 Å². The van der Waals surface area contributed by atoms with Crippen molar-refractivity contribution in [3.63, 3.8) is 0 Å². The minimum atomic E-state index is -0.306. The second kappa shape index (κ2) is 7.99. The summed E-state index contributed by atoms with van der Waals surface area (Å²) in [7, 11) is 0. The maximum atomic E-state index is 13.2. The van der Waals surface area contributed by atoms with Gasteiger partial charge in [-0.3, -0.25) is 14.7 Å². The molecular formula is C18H20FN3O2. The number of nitrogens with zero attached hydrogens (tertiary/aromatic N) is 2. The van der Waals surface area contributed by atoms with E-state index in [1.54, 1.807) is 24.3 Å². The van der Waals surface area contributed by atoms with Gasteiger partial charge in [-0.15, -0.1) is 0 Å². The van der Waals surface area contributed by atoms with Crippen LogP contribution in [0.4, 0.5) is 4.39 Å². The molecule has 1 fully saturated rings. The monoisotopic (exact) mass is 329 g/mol. The molecule has 0 atom stereocenters. The van der Waals surface area contributed by atoms with E-state index in [9.17, 15) is 9.18 Å². The molecule has 0 radical (unpaired) electrons. The van der Waals surface area contributed by atoms with Crippen molar-refractivity contribution in [3.05, 3.63) is 54.0 Å². The van der Waals surface area contributed by atoms with Crippen LogP contribution in [-0.4, -0.2) is 55.2 Å². The average Bonchev–Trinajstić information content (AvgIpc) is 2.63. The molecule has 1 saturated heterocycles. The van der Waals surface area contributed by atoms with Gasteiger partial charge >= 0.3 is 0 Å². The summed E-state index contributed by atoms with van der Waals surface area (Å²) in [5, 5.41) is 2.89. The van der Waals surface area contributed by atoms with Crippen molar-refractivity contribution in [1.82, 2.24) is 15.2 Å². The molecule has 126 valence electrons. The lowest BCUT2D eigenvalue weighted by Crippen LogP contribution is -2.41. The lowest BCUT2D eigenvalue weighted by molar-refractivity contribution is 0.0383. The van der Waals surface area contributed by atoms with E-state index in [0.29, 0.717) is 23.4 Å². The molecule has 24 heavy (non-hydrogen) atoms. The molecule has 3 rings (SSSR count). The van der Waals surface area contributed by atoms with Gasteiger partial charge in [0.05, 0.1) is 24.5 Å². The SMILES string of the molecule is O=C(NCCN1CCOCC1)c1ccc(-c2cccc(F)c2)nc1. The molecular weight excluding hydrogens is 309 g/mol. The Morgan fingerprint density at radius 1 is 1.25 bits per heavy atom. The Labute approximate surface area is 140 Å². The summed E-state index contributed by atoms with van der Waals surface area (Å²) in [6, 6.07) is 9.67. The van der Waals surface area contributed by atoms with E-state index in [1.807, 2.05) is 0 Å². The van der Waals surface area contributed by atoms with E-state index < -0.39 is 0 Å². The highest BCUT2D eigenvalue weighted by Gasteiger charge is 2.11. The minimum absolute atomic E-state index is 0.151. The van der Waals surface area contributed by atoms with Crippen LogP contribution in [0.5, 0.6) is 0 Å². The van der Waals surface area contributed by atoms with Gasteiger partial charge in [0.25, 0.3) is 5.91 Å². The summed E-state index contributed by atoms with van der Waals surface area (Å²) >= 11 is 0. The van der Waals surface area contributed by atoms with Gasteiger partial charge in [-0.05, 0) is 24.3 Å². The van der Waals surface area contributed by atoms with Crippen LogP contribution >= 0.6 is 0 Å². The second-order valence-electron chi connectivity index (χ2n) is 5.65. The molecule has 2 heterocycles. The van der Waals surface area contributed by atoms with Gasteiger partial charge in [0.15, 0.2) is 0 Å². The zero-order valence-corrected chi connectivity index (χ0v) is 13.4. The van der Waals surface area contributed by atoms with Gasteiger partial charge in [-0.2, -0.15) is 0 Å². The van der Waals surface area contributed by atoms with Crippen LogP contribution in [0, 0.1) is 5.82 Å². The predicted octanol–water partition coefficient (Wildman–Crippen LogP) is 1.95. The number of benzene rings is 1. The van der Waals surface area contributed by atoms with Crippen molar-refractivity contribution in [1.29, 1.82) is 0 Å². The van der Waals surface area contributed by atoms with Gasteiger partial charge < -0.3 is 10.1 Å². The molecule has 5 nitrogen and oxygen atoms in total. The Hall–Kier alpha value is -2.31. The first-order valence-electron chi connectivity index (χ1n) is 8.03. The van der Waals surface area contributed by atoms with Crippen LogP contribution < -0.4 is 5.32 Å². The molecule has 1 aliphatic rings. The zero-order valence-electron chi connectivity index (χ0n) is 13.4. The van der Waals surface area contributed by atoms with E-state index >= 15 is 0 Å². The summed E-state index contributed by atoms with van der Waals surface area (Å²) in [4.78, 5) is 18.6. The molecule has 1 N–H and O–H groups in total. The van der Waals surface area contributed by atoms with Gasteiger partial charge in [0.1, 0.15) is 5.82 Å². The summed E-state index contributed by atoms with van der Waals surface area (Å²) in [6.07, 6.45) is 1.52. The number of rotatable bonds is 5. The summed E-state index contributed by atoms with van der Waals surface area (Å²) in [5.74, 6) is -0.458. The van der Waals surface area contributed by atoms with E-state index in [-0.39, 0.29) is 11.7 Å². The smallest absolute Gasteiger partial charge is 0.252 e. The Kier molecular flexibility index (Phi) is 5.51. The number of pyridine rings is 1. The number of carbonyl (C=O) groups is 1. The summed E-state index contributed by atoms with van der Waals surface area (Å²) in [6.45, 7) is 4.70. The number of hydrogen-bond acceptors (Lipinski definition) is 4. The third kappa shape index (κ3) is 4.37. The molecule has 0 aliphatic carbocycles. The quantitative estimate of drug-likeness (QED) is 0.911. The molecule has 0 saturated carbocycles. The number of morpholine rings is 1. The molecule has 0 bridgehead atoms. The third-order valence-electron chi connectivity index (χ3n) is 3.96. The van der Waals surface area contributed by atoms with Crippen LogP contribution in [-0.2, 0) is 4.74 Å². The number of aromatic nitrogens is 1.